The number of aromatic nitrogens is 6. The standard InChI is InChI=1S/C25H22FN7O2/c1-13-30-22(32-35-13)17-7-6-16(26)10-18(17)24-31-19-9-14(5-8-20(19)33(24)25(2,3)4)15-11-28-23(21(27)34)29-12-15/h5-12H,1-4H3,(H2,27,34). The molecular formula is C25H22FN7O2. The number of nitrogens with zero attached hydrogens (tertiary/aromatic N) is 6. The first-order valence-corrected chi connectivity index (χ1v) is 10.9. The summed E-state index contributed by atoms with van der Waals surface area (Å²) >= 11 is 0. The fourth-order valence-electron chi connectivity index (χ4n) is 4.03. The summed E-state index contributed by atoms with van der Waals surface area (Å²) in [6, 6.07) is 10.2. The number of amides is 1. The van der Waals surface area contributed by atoms with Gasteiger partial charge in [0.1, 0.15) is 11.6 Å². The number of benzene rings is 2. The van der Waals surface area contributed by atoms with E-state index >= 15 is 0 Å². The lowest BCUT2D eigenvalue weighted by Gasteiger charge is -2.25. The van der Waals surface area contributed by atoms with Crippen molar-refractivity contribution in [1.29, 1.82) is 0 Å². The third kappa shape index (κ3) is 4.03. The summed E-state index contributed by atoms with van der Waals surface area (Å²) in [6.45, 7) is 7.86. The molecule has 2 aromatic carbocycles. The predicted octanol–water partition coefficient (Wildman–Crippen LogP) is 4.51. The van der Waals surface area contributed by atoms with Crippen LogP contribution in [0.4, 0.5) is 4.39 Å². The number of primary amides is 1. The molecular weight excluding hydrogens is 449 g/mol. The van der Waals surface area contributed by atoms with Crippen molar-refractivity contribution in [2.75, 3.05) is 0 Å². The van der Waals surface area contributed by atoms with E-state index in [1.54, 1.807) is 25.4 Å². The zero-order valence-electron chi connectivity index (χ0n) is 19.6. The summed E-state index contributed by atoms with van der Waals surface area (Å²) in [6.07, 6.45) is 3.08. The molecule has 0 bridgehead atoms. The van der Waals surface area contributed by atoms with E-state index < -0.39 is 11.7 Å². The van der Waals surface area contributed by atoms with Gasteiger partial charge in [0.2, 0.25) is 17.5 Å². The number of imidazole rings is 1. The molecule has 5 aromatic rings. The van der Waals surface area contributed by atoms with Crippen molar-refractivity contribution in [3.63, 3.8) is 0 Å². The highest BCUT2D eigenvalue weighted by Gasteiger charge is 2.26. The quantitative estimate of drug-likeness (QED) is 0.409. The molecule has 1 amide bonds. The first-order valence-electron chi connectivity index (χ1n) is 10.9. The van der Waals surface area contributed by atoms with Crippen LogP contribution in [0.3, 0.4) is 0 Å². The van der Waals surface area contributed by atoms with Crippen molar-refractivity contribution in [2.24, 2.45) is 5.73 Å². The van der Waals surface area contributed by atoms with Gasteiger partial charge in [-0.1, -0.05) is 11.2 Å². The lowest BCUT2D eigenvalue weighted by atomic mass is 10.0. The van der Waals surface area contributed by atoms with Crippen LogP contribution < -0.4 is 5.73 Å². The van der Waals surface area contributed by atoms with Crippen LogP contribution in [0.5, 0.6) is 0 Å². The second-order valence-electron chi connectivity index (χ2n) is 9.13. The molecule has 0 unspecified atom stereocenters. The minimum absolute atomic E-state index is 0.0514. The van der Waals surface area contributed by atoms with E-state index in [1.165, 1.54) is 12.1 Å². The van der Waals surface area contributed by atoms with Crippen molar-refractivity contribution >= 4 is 16.9 Å². The predicted molar refractivity (Wildman–Crippen MR) is 128 cm³/mol. The van der Waals surface area contributed by atoms with E-state index in [2.05, 4.69) is 45.4 Å². The molecule has 5 rings (SSSR count). The van der Waals surface area contributed by atoms with Gasteiger partial charge in [0.05, 0.1) is 11.0 Å². The topological polar surface area (TPSA) is 126 Å². The Bertz CT molecular complexity index is 1580. The van der Waals surface area contributed by atoms with Crippen molar-refractivity contribution in [3.8, 4) is 33.9 Å². The SMILES string of the molecule is Cc1nc(-c2ccc(F)cc2-c2nc3cc(-c4cnc(C(N)=O)nc4)ccc3n2C(C)(C)C)no1. The highest BCUT2D eigenvalue weighted by Crippen LogP contribution is 2.37. The summed E-state index contributed by atoms with van der Waals surface area (Å²) < 4.78 is 21.7. The number of aryl methyl sites for hydroxylation is 1. The van der Waals surface area contributed by atoms with E-state index in [1.807, 2.05) is 18.2 Å². The lowest BCUT2D eigenvalue weighted by molar-refractivity contribution is 0.0990. The molecule has 35 heavy (non-hydrogen) atoms. The molecule has 0 atom stereocenters. The van der Waals surface area contributed by atoms with Gasteiger partial charge in [-0.25, -0.2) is 19.3 Å². The minimum Gasteiger partial charge on any atom is -0.363 e. The molecule has 3 aromatic heterocycles. The maximum absolute atomic E-state index is 14.5. The fraction of sp³-hybridized carbons (Fsp3) is 0.200. The highest BCUT2D eigenvalue weighted by atomic mass is 19.1. The molecule has 0 aliphatic rings. The molecule has 0 aliphatic heterocycles. The van der Waals surface area contributed by atoms with E-state index in [0.717, 1.165) is 11.1 Å². The van der Waals surface area contributed by atoms with Crippen LogP contribution in [0, 0.1) is 12.7 Å². The highest BCUT2D eigenvalue weighted by molar-refractivity contribution is 5.90. The first kappa shape index (κ1) is 22.3. The third-order valence-corrected chi connectivity index (χ3v) is 5.52. The van der Waals surface area contributed by atoms with Gasteiger partial charge in [-0.05, 0) is 56.7 Å². The summed E-state index contributed by atoms with van der Waals surface area (Å²) in [7, 11) is 0. The average Bonchev–Trinajstić information content (AvgIpc) is 3.42. The van der Waals surface area contributed by atoms with Crippen LogP contribution in [0.15, 0.2) is 53.3 Å². The number of halogens is 1. The van der Waals surface area contributed by atoms with E-state index in [0.29, 0.717) is 39.7 Å². The van der Waals surface area contributed by atoms with Crippen molar-refractivity contribution in [1.82, 2.24) is 29.7 Å². The number of carbonyl (C=O) groups excluding carboxylic acids is 1. The van der Waals surface area contributed by atoms with Crippen molar-refractivity contribution in [3.05, 3.63) is 66.3 Å². The second-order valence-corrected chi connectivity index (χ2v) is 9.13. The maximum Gasteiger partial charge on any atom is 0.286 e. The number of nitrogens with two attached hydrogens (primary N) is 1. The van der Waals surface area contributed by atoms with Gasteiger partial charge < -0.3 is 14.8 Å². The van der Waals surface area contributed by atoms with E-state index in [-0.39, 0.29) is 11.4 Å². The average molecular weight is 471 g/mol. The molecule has 0 saturated carbocycles. The molecule has 9 nitrogen and oxygen atoms in total. The van der Waals surface area contributed by atoms with E-state index in [9.17, 15) is 9.18 Å². The molecule has 0 aliphatic carbocycles. The van der Waals surface area contributed by atoms with Crippen LogP contribution in [0.1, 0.15) is 37.3 Å². The van der Waals surface area contributed by atoms with Gasteiger partial charge in [-0.15, -0.1) is 0 Å². The zero-order valence-corrected chi connectivity index (χ0v) is 19.6. The third-order valence-electron chi connectivity index (χ3n) is 5.52. The van der Waals surface area contributed by atoms with Crippen molar-refractivity contribution < 1.29 is 13.7 Å². The molecule has 0 spiro atoms. The van der Waals surface area contributed by atoms with Gasteiger partial charge in [0, 0.05) is 41.5 Å². The van der Waals surface area contributed by atoms with Gasteiger partial charge >= 0.3 is 0 Å². The summed E-state index contributed by atoms with van der Waals surface area (Å²) in [4.78, 5) is 28.6. The van der Waals surface area contributed by atoms with Crippen LogP contribution in [0.25, 0.3) is 44.9 Å². The van der Waals surface area contributed by atoms with Gasteiger partial charge in [-0.2, -0.15) is 4.98 Å². The number of carbonyl (C=O) groups is 1. The summed E-state index contributed by atoms with van der Waals surface area (Å²) in [5.41, 5.74) is 9.10. The minimum atomic E-state index is -0.691. The molecule has 3 heterocycles. The Morgan fingerprint density at radius 3 is 2.37 bits per heavy atom. The Labute approximate surface area is 199 Å². The molecule has 0 radical (unpaired) electrons. The maximum atomic E-state index is 14.5. The molecule has 0 fully saturated rings. The number of fused-ring (bicyclic) bond motifs is 1. The van der Waals surface area contributed by atoms with Crippen molar-refractivity contribution in [2.45, 2.75) is 33.2 Å². The molecule has 0 saturated heterocycles. The van der Waals surface area contributed by atoms with Crippen LogP contribution in [-0.4, -0.2) is 35.6 Å². The van der Waals surface area contributed by atoms with Gasteiger partial charge in [0.15, 0.2) is 0 Å². The van der Waals surface area contributed by atoms with Crippen LogP contribution >= 0.6 is 0 Å². The molecule has 176 valence electrons. The molecule has 10 heteroatoms. The Morgan fingerprint density at radius 2 is 1.74 bits per heavy atom. The second kappa shape index (κ2) is 8.08. The van der Waals surface area contributed by atoms with Crippen LogP contribution in [0.2, 0.25) is 0 Å². The Hall–Kier alpha value is -4.47. The first-order chi connectivity index (χ1) is 16.6. The Morgan fingerprint density at radius 1 is 1.00 bits per heavy atom. The van der Waals surface area contributed by atoms with Crippen LogP contribution in [-0.2, 0) is 5.54 Å². The Kier molecular flexibility index (Phi) is 5.16. The summed E-state index contributed by atoms with van der Waals surface area (Å²) in [5.74, 6) is 0.199. The zero-order chi connectivity index (χ0) is 24.9. The summed E-state index contributed by atoms with van der Waals surface area (Å²) in [5, 5.41) is 4.03. The fourth-order valence-corrected chi connectivity index (χ4v) is 4.03. The van der Waals surface area contributed by atoms with Gasteiger partial charge in [0.25, 0.3) is 5.91 Å². The normalized spacial score (nSPS) is 11.8. The number of hydrogen-bond donors (Lipinski definition) is 1. The smallest absolute Gasteiger partial charge is 0.286 e. The Balaban J connectivity index is 1.72. The lowest BCUT2D eigenvalue weighted by Crippen LogP contribution is -2.22. The van der Waals surface area contributed by atoms with Gasteiger partial charge in [-0.3, -0.25) is 4.79 Å². The number of rotatable bonds is 4. The molecule has 2 N–H and O–H groups in total. The van der Waals surface area contributed by atoms with E-state index in [4.69, 9.17) is 15.2 Å². The monoisotopic (exact) mass is 471 g/mol. The number of hydrogen-bond acceptors (Lipinski definition) is 7. The largest absolute Gasteiger partial charge is 0.363 e.